The number of fused-ring (bicyclic) bond motifs is 6. The van der Waals surface area contributed by atoms with Crippen LogP contribution in [0.3, 0.4) is 0 Å². The van der Waals surface area contributed by atoms with Gasteiger partial charge in [0.25, 0.3) is 0 Å². The van der Waals surface area contributed by atoms with Crippen LogP contribution >= 0.6 is 0 Å². The predicted octanol–water partition coefficient (Wildman–Crippen LogP) is 13.6. The molecule has 0 fully saturated rings. The SMILES string of the molecule is COc1cc(C#Cc2ccc3c(c2)c2cc(C#Cc4cc(OC)c(OC)c(OC)c4)ccc2n3-c2ccc(-n3c4ccc(C#Cc5cc(OC)c(OC)c(OC)c5)cc4c4cc(C#Cc5cc(OC)c(OC)c(OC)c5)ccc43)cc2)cc(OC)c1OC. The molecule has 9 aromatic carbocycles. The van der Waals surface area contributed by atoms with E-state index in [1.165, 1.54) is 0 Å². The molecule has 14 nitrogen and oxygen atoms in total. The van der Waals surface area contributed by atoms with Gasteiger partial charge in [-0.3, -0.25) is 0 Å². The molecule has 0 saturated carbocycles. The van der Waals surface area contributed by atoms with Gasteiger partial charge in [0.05, 0.1) is 107 Å². The third kappa shape index (κ3) is 11.1. The zero-order valence-corrected chi connectivity index (χ0v) is 50.6. The van der Waals surface area contributed by atoms with Gasteiger partial charge < -0.3 is 66.0 Å². The van der Waals surface area contributed by atoms with Gasteiger partial charge in [-0.05, 0) is 146 Å². The lowest BCUT2D eigenvalue weighted by atomic mass is 10.1. The first-order chi connectivity index (χ1) is 43.0. The third-order valence-corrected chi connectivity index (χ3v) is 15.0. The van der Waals surface area contributed by atoms with E-state index in [2.05, 4.69) is 129 Å². The molecule has 2 aromatic heterocycles. The molecule has 14 heteroatoms. The minimum atomic E-state index is 0.494. The number of methoxy groups -OCH3 is 12. The fourth-order valence-corrected chi connectivity index (χ4v) is 10.9. The van der Waals surface area contributed by atoms with Crippen LogP contribution in [-0.4, -0.2) is 94.5 Å². The van der Waals surface area contributed by atoms with Crippen LogP contribution in [-0.2, 0) is 0 Å². The second-order valence-corrected chi connectivity index (χ2v) is 19.8. The quantitative estimate of drug-likeness (QED) is 0.0964. The molecule has 0 aliphatic rings. The molecule has 0 saturated heterocycles. The van der Waals surface area contributed by atoms with Crippen LogP contribution in [0.5, 0.6) is 69.0 Å². The van der Waals surface area contributed by atoms with Gasteiger partial charge in [-0.2, -0.15) is 0 Å². The molecule has 0 atom stereocenters. The van der Waals surface area contributed by atoms with Crippen molar-refractivity contribution in [2.45, 2.75) is 0 Å². The molecule has 0 aliphatic heterocycles. The van der Waals surface area contributed by atoms with Gasteiger partial charge in [0.1, 0.15) is 0 Å². The average molecular weight is 1170 g/mol. The van der Waals surface area contributed by atoms with Gasteiger partial charge in [-0.25, -0.2) is 0 Å². The number of hydrogen-bond acceptors (Lipinski definition) is 12. The van der Waals surface area contributed by atoms with E-state index in [0.717, 1.165) is 77.2 Å². The molecule has 0 unspecified atom stereocenters. The van der Waals surface area contributed by atoms with Crippen LogP contribution in [0.15, 0.2) is 146 Å². The number of ether oxygens (including phenoxy) is 12. The first-order valence-corrected chi connectivity index (χ1v) is 27.6. The monoisotopic (exact) mass is 1170 g/mol. The van der Waals surface area contributed by atoms with Crippen molar-refractivity contribution >= 4 is 43.6 Å². The average Bonchev–Trinajstić information content (AvgIpc) is 1.66. The first kappa shape index (κ1) is 58.2. The van der Waals surface area contributed by atoms with E-state index in [0.29, 0.717) is 91.2 Å². The fourth-order valence-electron chi connectivity index (χ4n) is 10.9. The Labute approximate surface area is 510 Å². The van der Waals surface area contributed by atoms with Crippen molar-refractivity contribution in [1.82, 2.24) is 9.13 Å². The molecule has 0 radical (unpaired) electrons. The number of rotatable bonds is 14. The second kappa shape index (κ2) is 25.3. The summed E-state index contributed by atoms with van der Waals surface area (Å²) in [6, 6.07) is 48.3. The molecule has 0 bridgehead atoms. The molecular weight excluding hydrogens is 1110 g/mol. The number of nitrogens with zero attached hydrogens (tertiary/aromatic N) is 2. The minimum absolute atomic E-state index is 0.494. The molecule has 11 rings (SSSR count). The van der Waals surface area contributed by atoms with Gasteiger partial charge in [-0.1, -0.05) is 47.4 Å². The molecule has 0 aliphatic carbocycles. The molecule has 0 amide bonds. The maximum atomic E-state index is 5.63. The van der Waals surface area contributed by atoms with Gasteiger partial charge in [0, 0.05) is 77.4 Å². The van der Waals surface area contributed by atoms with E-state index in [4.69, 9.17) is 56.8 Å². The molecule has 11 aromatic rings. The highest BCUT2D eigenvalue weighted by molar-refractivity contribution is 6.11. The smallest absolute Gasteiger partial charge is 0.203 e. The summed E-state index contributed by atoms with van der Waals surface area (Å²) in [6.45, 7) is 0. The van der Waals surface area contributed by atoms with E-state index in [1.807, 2.05) is 72.8 Å². The minimum Gasteiger partial charge on any atom is -0.493 e. The van der Waals surface area contributed by atoms with E-state index in [1.54, 1.807) is 85.3 Å². The van der Waals surface area contributed by atoms with Crippen molar-refractivity contribution in [2.75, 3.05) is 85.3 Å². The maximum Gasteiger partial charge on any atom is 0.203 e. The summed E-state index contributed by atoms with van der Waals surface area (Å²) in [5, 5.41) is 3.96. The lowest BCUT2D eigenvalue weighted by molar-refractivity contribution is 0.324. The molecule has 88 heavy (non-hydrogen) atoms. The summed E-state index contributed by atoms with van der Waals surface area (Å²) in [7, 11) is 19.0. The first-order valence-electron chi connectivity index (χ1n) is 27.6. The van der Waals surface area contributed by atoms with Gasteiger partial charge in [-0.15, -0.1) is 0 Å². The van der Waals surface area contributed by atoms with Gasteiger partial charge in [0.15, 0.2) is 46.0 Å². The Morgan fingerprint density at radius 1 is 0.205 bits per heavy atom. The van der Waals surface area contributed by atoms with E-state index in [9.17, 15) is 0 Å². The molecule has 438 valence electrons. The number of hydrogen-bond donors (Lipinski definition) is 0. The van der Waals surface area contributed by atoms with Crippen molar-refractivity contribution in [3.8, 4) is 128 Å². The van der Waals surface area contributed by atoms with Crippen molar-refractivity contribution in [1.29, 1.82) is 0 Å². The van der Waals surface area contributed by atoms with Crippen LogP contribution in [0.2, 0.25) is 0 Å². The topological polar surface area (TPSA) is 121 Å². The fraction of sp³-hybridized carbons (Fsp3) is 0.162. The standard InChI is InChI=1S/C74H60N2O12/c1-77-63-37-49(38-64(78-2)71(63)85-9)17-13-45-21-29-59-55(33-45)56-34-46(14-18-50-39-65(79-3)72(86-10)66(40-50)80-4)22-30-60(56)75(59)53-25-27-54(28-26-53)76-61-31-23-47(15-19-51-41-67(81-5)73(87-11)68(42-51)82-6)35-57(61)58-36-48(24-32-62(58)76)16-20-52-43-69(83-7)74(88-12)70(44-52)84-8/h21-44H,1-12H3. The summed E-state index contributed by atoms with van der Waals surface area (Å²) in [6.07, 6.45) is 0. The Bertz CT molecular complexity index is 4130. The Hall–Kier alpha value is -11.6. The highest BCUT2D eigenvalue weighted by Crippen LogP contribution is 2.43. The Morgan fingerprint density at radius 2 is 0.386 bits per heavy atom. The second-order valence-electron chi connectivity index (χ2n) is 19.8. The summed E-state index contributed by atoms with van der Waals surface area (Å²) >= 11 is 0. The summed E-state index contributed by atoms with van der Waals surface area (Å²) < 4.78 is 71.9. The van der Waals surface area contributed by atoms with Crippen LogP contribution in [0.1, 0.15) is 44.5 Å². The number of benzene rings is 9. The van der Waals surface area contributed by atoms with E-state index >= 15 is 0 Å². The van der Waals surface area contributed by atoms with Gasteiger partial charge in [0.2, 0.25) is 23.0 Å². The van der Waals surface area contributed by atoms with Crippen molar-refractivity contribution < 1.29 is 56.8 Å². The van der Waals surface area contributed by atoms with Gasteiger partial charge >= 0.3 is 0 Å². The van der Waals surface area contributed by atoms with Crippen LogP contribution in [0.4, 0.5) is 0 Å². The van der Waals surface area contributed by atoms with Crippen molar-refractivity contribution in [3.63, 3.8) is 0 Å². The number of aromatic nitrogens is 2. The zero-order valence-electron chi connectivity index (χ0n) is 50.6. The molecule has 0 N–H and O–H groups in total. The van der Waals surface area contributed by atoms with Crippen LogP contribution < -0.4 is 56.8 Å². The Morgan fingerprint density at radius 3 is 0.557 bits per heavy atom. The molecule has 2 heterocycles. The highest BCUT2D eigenvalue weighted by Gasteiger charge is 2.20. The Kier molecular flexibility index (Phi) is 16.8. The molecular formula is C74H60N2O12. The highest BCUT2D eigenvalue weighted by atomic mass is 16.5. The maximum absolute atomic E-state index is 5.63. The van der Waals surface area contributed by atoms with Crippen molar-refractivity contribution in [3.05, 3.63) is 190 Å². The largest absolute Gasteiger partial charge is 0.493 e. The van der Waals surface area contributed by atoms with E-state index in [-0.39, 0.29) is 0 Å². The van der Waals surface area contributed by atoms with Crippen LogP contribution in [0.25, 0.3) is 55.0 Å². The van der Waals surface area contributed by atoms with E-state index < -0.39 is 0 Å². The Balaban J connectivity index is 1.04. The predicted molar refractivity (Wildman–Crippen MR) is 343 cm³/mol. The molecule has 0 spiro atoms. The normalized spacial score (nSPS) is 10.6. The summed E-state index contributed by atoms with van der Waals surface area (Å²) in [5.41, 5.74) is 11.9. The summed E-state index contributed by atoms with van der Waals surface area (Å²) in [5.74, 6) is 33.0. The lowest BCUT2D eigenvalue weighted by Gasteiger charge is -2.12. The lowest BCUT2D eigenvalue weighted by Crippen LogP contribution is -1.97. The summed E-state index contributed by atoms with van der Waals surface area (Å²) in [4.78, 5) is 0. The van der Waals surface area contributed by atoms with Crippen molar-refractivity contribution in [2.24, 2.45) is 0 Å². The zero-order chi connectivity index (χ0) is 61.6. The third-order valence-electron chi connectivity index (χ3n) is 15.0. The van der Waals surface area contributed by atoms with Crippen LogP contribution in [0, 0.1) is 47.4 Å².